The van der Waals surface area contributed by atoms with E-state index in [-0.39, 0.29) is 17.5 Å². The zero-order valence-corrected chi connectivity index (χ0v) is 14.0. The maximum Gasteiger partial charge on any atom is 0.226 e. The van der Waals surface area contributed by atoms with Crippen LogP contribution in [0.15, 0.2) is 52.9 Å². The number of halogens is 1. The molecule has 126 valence electrons. The van der Waals surface area contributed by atoms with Gasteiger partial charge in [0.15, 0.2) is 5.78 Å². The number of oxazole rings is 1. The van der Waals surface area contributed by atoms with E-state index in [2.05, 4.69) is 4.98 Å². The topological polar surface area (TPSA) is 43.1 Å². The normalized spacial score (nSPS) is 16.5. The Hall–Kier alpha value is -2.75. The van der Waals surface area contributed by atoms with Gasteiger partial charge in [0, 0.05) is 29.9 Å². The molecule has 1 atom stereocenters. The highest BCUT2D eigenvalue weighted by Crippen LogP contribution is 2.31. The molecule has 0 saturated carbocycles. The lowest BCUT2D eigenvalue weighted by Crippen LogP contribution is -2.22. The smallest absolute Gasteiger partial charge is 0.226 e. The third kappa shape index (κ3) is 3.12. The van der Waals surface area contributed by atoms with Crippen LogP contribution in [0.5, 0.6) is 0 Å². The molecule has 1 unspecified atom stereocenters. The Kier molecular flexibility index (Phi) is 3.96. The number of fused-ring (bicyclic) bond motifs is 1. The molecule has 1 heterocycles. The zero-order chi connectivity index (χ0) is 17.4. The van der Waals surface area contributed by atoms with Crippen LogP contribution in [0.1, 0.15) is 33.8 Å². The van der Waals surface area contributed by atoms with Gasteiger partial charge in [-0.3, -0.25) is 4.79 Å². The highest BCUT2D eigenvalue weighted by atomic mass is 19.1. The molecule has 0 amide bonds. The van der Waals surface area contributed by atoms with Gasteiger partial charge >= 0.3 is 0 Å². The van der Waals surface area contributed by atoms with E-state index in [1.807, 2.05) is 31.2 Å². The molecule has 0 saturated heterocycles. The van der Waals surface area contributed by atoms with Crippen molar-refractivity contribution >= 4 is 5.78 Å². The van der Waals surface area contributed by atoms with Crippen molar-refractivity contribution in [3.63, 3.8) is 0 Å². The summed E-state index contributed by atoms with van der Waals surface area (Å²) in [5.41, 5.74) is 3.48. The molecular weight excluding hydrogens is 317 g/mol. The Bertz CT molecular complexity index is 910. The van der Waals surface area contributed by atoms with Crippen LogP contribution in [0.2, 0.25) is 0 Å². The van der Waals surface area contributed by atoms with Crippen LogP contribution in [-0.2, 0) is 12.8 Å². The number of hydrogen-bond donors (Lipinski definition) is 0. The molecular formula is C21H18FNO2. The van der Waals surface area contributed by atoms with E-state index in [1.165, 1.54) is 12.1 Å². The second kappa shape index (κ2) is 6.28. The monoisotopic (exact) mass is 335 g/mol. The minimum Gasteiger partial charge on any atom is -0.441 e. The van der Waals surface area contributed by atoms with Crippen LogP contribution in [0.25, 0.3) is 11.5 Å². The summed E-state index contributed by atoms with van der Waals surface area (Å²) in [4.78, 5) is 17.3. The van der Waals surface area contributed by atoms with Gasteiger partial charge in [-0.25, -0.2) is 9.37 Å². The molecule has 4 heteroatoms. The number of carbonyl (C=O) groups is 1. The van der Waals surface area contributed by atoms with E-state index in [0.717, 1.165) is 34.6 Å². The minimum absolute atomic E-state index is 0.0682. The number of nitrogens with zero attached hydrogens (tertiary/aromatic N) is 1. The Labute approximate surface area is 145 Å². The summed E-state index contributed by atoms with van der Waals surface area (Å²) in [6, 6.07) is 13.8. The third-order valence-electron chi connectivity index (χ3n) is 4.74. The first-order valence-electron chi connectivity index (χ1n) is 8.45. The third-order valence-corrected chi connectivity index (χ3v) is 4.74. The summed E-state index contributed by atoms with van der Waals surface area (Å²) in [5, 5.41) is 0. The van der Waals surface area contributed by atoms with Crippen LogP contribution >= 0.6 is 0 Å². The molecule has 4 rings (SSSR count). The second-order valence-electron chi connectivity index (χ2n) is 6.57. The second-order valence-corrected chi connectivity index (χ2v) is 6.57. The van der Waals surface area contributed by atoms with Crippen molar-refractivity contribution in [3.05, 3.63) is 76.9 Å². The SMILES string of the molecule is Cc1ccc(C(=O)C2CCc3oc(-c4ccc(F)cc4)nc3C2)cc1. The molecule has 0 radical (unpaired) electrons. The predicted octanol–water partition coefficient (Wildman–Crippen LogP) is 4.78. The zero-order valence-electron chi connectivity index (χ0n) is 14.0. The van der Waals surface area contributed by atoms with Crippen LogP contribution in [0.3, 0.4) is 0 Å². The maximum absolute atomic E-state index is 13.1. The number of benzene rings is 2. The van der Waals surface area contributed by atoms with E-state index >= 15 is 0 Å². The molecule has 25 heavy (non-hydrogen) atoms. The molecule has 0 aliphatic heterocycles. The molecule has 0 fully saturated rings. The van der Waals surface area contributed by atoms with Gasteiger partial charge in [-0.15, -0.1) is 0 Å². The minimum atomic E-state index is -0.288. The molecule has 1 aliphatic rings. The van der Waals surface area contributed by atoms with E-state index in [0.29, 0.717) is 18.7 Å². The molecule has 2 aromatic carbocycles. The van der Waals surface area contributed by atoms with E-state index in [1.54, 1.807) is 12.1 Å². The first-order valence-corrected chi connectivity index (χ1v) is 8.45. The van der Waals surface area contributed by atoms with Crippen molar-refractivity contribution in [1.82, 2.24) is 4.98 Å². The lowest BCUT2D eigenvalue weighted by molar-refractivity contribution is 0.0906. The number of aromatic nitrogens is 1. The summed E-state index contributed by atoms with van der Waals surface area (Å²) in [7, 11) is 0. The van der Waals surface area contributed by atoms with Gasteiger partial charge in [0.1, 0.15) is 11.6 Å². The quantitative estimate of drug-likeness (QED) is 0.647. The van der Waals surface area contributed by atoms with Crippen molar-refractivity contribution in [3.8, 4) is 11.5 Å². The van der Waals surface area contributed by atoms with Crippen LogP contribution in [0.4, 0.5) is 4.39 Å². The van der Waals surface area contributed by atoms with Gasteiger partial charge in [0.25, 0.3) is 0 Å². The van der Waals surface area contributed by atoms with Crippen LogP contribution in [-0.4, -0.2) is 10.8 Å². The fraction of sp³-hybridized carbons (Fsp3) is 0.238. The van der Waals surface area contributed by atoms with E-state index in [4.69, 9.17) is 4.42 Å². The lowest BCUT2D eigenvalue weighted by atomic mass is 9.84. The predicted molar refractivity (Wildman–Crippen MR) is 92.9 cm³/mol. The summed E-state index contributed by atoms with van der Waals surface area (Å²) in [6.07, 6.45) is 2.05. The lowest BCUT2D eigenvalue weighted by Gasteiger charge is -2.19. The molecule has 0 N–H and O–H groups in total. The van der Waals surface area contributed by atoms with Gasteiger partial charge in [-0.1, -0.05) is 29.8 Å². The molecule has 3 aromatic rings. The summed E-state index contributed by atoms with van der Waals surface area (Å²) in [6.45, 7) is 2.01. The Balaban J connectivity index is 1.56. The van der Waals surface area contributed by atoms with Crippen LogP contribution in [0, 0.1) is 18.7 Å². The Morgan fingerprint density at radius 3 is 2.56 bits per heavy atom. The Morgan fingerprint density at radius 2 is 1.84 bits per heavy atom. The molecule has 1 aromatic heterocycles. The van der Waals surface area contributed by atoms with E-state index in [9.17, 15) is 9.18 Å². The number of rotatable bonds is 3. The number of carbonyl (C=O) groups excluding carboxylic acids is 1. The highest BCUT2D eigenvalue weighted by Gasteiger charge is 2.29. The largest absolute Gasteiger partial charge is 0.441 e. The van der Waals surface area contributed by atoms with Gasteiger partial charge < -0.3 is 4.42 Å². The van der Waals surface area contributed by atoms with Gasteiger partial charge in [0.2, 0.25) is 5.89 Å². The molecule has 1 aliphatic carbocycles. The highest BCUT2D eigenvalue weighted by molar-refractivity contribution is 5.98. The fourth-order valence-corrected chi connectivity index (χ4v) is 3.27. The van der Waals surface area contributed by atoms with Gasteiger partial charge in [-0.05, 0) is 37.6 Å². The summed E-state index contributed by atoms with van der Waals surface area (Å²) < 4.78 is 18.9. The van der Waals surface area contributed by atoms with Crippen molar-refractivity contribution in [2.24, 2.45) is 5.92 Å². The van der Waals surface area contributed by atoms with Crippen molar-refractivity contribution < 1.29 is 13.6 Å². The fourth-order valence-electron chi connectivity index (χ4n) is 3.27. The molecule has 3 nitrogen and oxygen atoms in total. The van der Waals surface area contributed by atoms with Gasteiger partial charge in [0.05, 0.1) is 5.69 Å². The number of Topliss-reactive ketones (excluding diaryl/α,β-unsaturated/α-hetero) is 1. The molecule has 0 spiro atoms. The standard InChI is InChI=1S/C21H18FNO2/c1-13-2-4-14(5-3-13)20(24)16-8-11-19-18(12-16)23-21(25-19)15-6-9-17(22)10-7-15/h2-7,9-10,16H,8,11-12H2,1H3. The summed E-state index contributed by atoms with van der Waals surface area (Å²) in [5.74, 6) is 1.14. The number of hydrogen-bond acceptors (Lipinski definition) is 3. The van der Waals surface area contributed by atoms with E-state index < -0.39 is 0 Å². The number of aryl methyl sites for hydroxylation is 2. The Morgan fingerprint density at radius 1 is 1.12 bits per heavy atom. The van der Waals surface area contributed by atoms with Crippen molar-refractivity contribution in [1.29, 1.82) is 0 Å². The van der Waals surface area contributed by atoms with Crippen molar-refractivity contribution in [2.75, 3.05) is 0 Å². The van der Waals surface area contributed by atoms with Crippen LogP contribution < -0.4 is 0 Å². The average molecular weight is 335 g/mol. The first kappa shape index (κ1) is 15.8. The van der Waals surface area contributed by atoms with Gasteiger partial charge in [-0.2, -0.15) is 0 Å². The van der Waals surface area contributed by atoms with Crippen molar-refractivity contribution in [2.45, 2.75) is 26.2 Å². The molecule has 0 bridgehead atoms. The average Bonchev–Trinajstić information content (AvgIpc) is 3.05. The first-order chi connectivity index (χ1) is 12.1. The number of ketones is 1. The summed E-state index contributed by atoms with van der Waals surface area (Å²) >= 11 is 0. The maximum atomic E-state index is 13.1.